The van der Waals surface area contributed by atoms with Gasteiger partial charge < -0.3 is 4.42 Å². The van der Waals surface area contributed by atoms with Crippen LogP contribution in [0.3, 0.4) is 0 Å². The van der Waals surface area contributed by atoms with E-state index in [1.807, 2.05) is 0 Å². The molecule has 2 rings (SSSR count). The van der Waals surface area contributed by atoms with Crippen LogP contribution in [0.4, 0.5) is 0 Å². The third kappa shape index (κ3) is 2.95. The Balaban J connectivity index is 1.90. The first kappa shape index (κ1) is 12.3. The SMILES string of the molecule is O=Cc1ccc(S(=O)(=O)NCCC2CCC2)o1. The molecule has 94 valence electrons. The van der Waals surface area contributed by atoms with E-state index in [1.165, 1.54) is 31.4 Å². The normalized spacial score (nSPS) is 16.7. The van der Waals surface area contributed by atoms with Crippen LogP contribution in [0.1, 0.15) is 36.2 Å². The van der Waals surface area contributed by atoms with E-state index >= 15 is 0 Å². The van der Waals surface area contributed by atoms with Crippen LogP contribution < -0.4 is 4.72 Å². The van der Waals surface area contributed by atoms with Crippen molar-refractivity contribution in [1.29, 1.82) is 0 Å². The average molecular weight is 257 g/mol. The van der Waals surface area contributed by atoms with Crippen LogP contribution in [-0.2, 0) is 10.0 Å². The van der Waals surface area contributed by atoms with Gasteiger partial charge in [0.05, 0.1) is 0 Å². The van der Waals surface area contributed by atoms with Crippen molar-refractivity contribution in [2.24, 2.45) is 5.92 Å². The van der Waals surface area contributed by atoms with Crippen LogP contribution in [0, 0.1) is 5.92 Å². The minimum absolute atomic E-state index is 0.0179. The second kappa shape index (κ2) is 5.01. The molecule has 1 aromatic rings. The molecule has 0 unspecified atom stereocenters. The van der Waals surface area contributed by atoms with Gasteiger partial charge >= 0.3 is 0 Å². The quantitative estimate of drug-likeness (QED) is 0.785. The van der Waals surface area contributed by atoms with Crippen molar-refractivity contribution < 1.29 is 17.6 Å². The summed E-state index contributed by atoms with van der Waals surface area (Å²) in [5.41, 5.74) is 0. The molecule has 6 heteroatoms. The molecule has 0 bridgehead atoms. The second-order valence-corrected chi connectivity index (χ2v) is 5.96. The highest BCUT2D eigenvalue weighted by molar-refractivity contribution is 7.89. The van der Waals surface area contributed by atoms with Crippen molar-refractivity contribution in [2.45, 2.75) is 30.8 Å². The molecule has 1 heterocycles. The Morgan fingerprint density at radius 3 is 2.71 bits per heavy atom. The van der Waals surface area contributed by atoms with Crippen molar-refractivity contribution in [1.82, 2.24) is 4.72 Å². The fourth-order valence-electron chi connectivity index (χ4n) is 1.79. The Morgan fingerprint density at radius 2 is 2.18 bits per heavy atom. The molecule has 0 aliphatic heterocycles. The summed E-state index contributed by atoms with van der Waals surface area (Å²) in [6.45, 7) is 0.421. The predicted molar refractivity (Wildman–Crippen MR) is 61.2 cm³/mol. The maximum Gasteiger partial charge on any atom is 0.273 e. The Kier molecular flexibility index (Phi) is 3.63. The summed E-state index contributed by atoms with van der Waals surface area (Å²) >= 11 is 0. The maximum atomic E-state index is 11.7. The van der Waals surface area contributed by atoms with Gasteiger partial charge in [-0.05, 0) is 24.5 Å². The van der Waals surface area contributed by atoms with Gasteiger partial charge in [-0.1, -0.05) is 19.3 Å². The lowest BCUT2D eigenvalue weighted by molar-refractivity contribution is 0.109. The van der Waals surface area contributed by atoms with Gasteiger partial charge in [-0.2, -0.15) is 0 Å². The first-order valence-electron chi connectivity index (χ1n) is 5.66. The summed E-state index contributed by atoms with van der Waals surface area (Å²) in [6, 6.07) is 2.63. The molecule has 1 aliphatic rings. The van der Waals surface area contributed by atoms with Crippen LogP contribution in [0.25, 0.3) is 0 Å². The molecule has 0 atom stereocenters. The first-order chi connectivity index (χ1) is 8.12. The first-order valence-corrected chi connectivity index (χ1v) is 7.15. The number of carbonyl (C=O) groups is 1. The molecule has 0 aromatic carbocycles. The molecule has 0 saturated heterocycles. The molecule has 1 N–H and O–H groups in total. The second-order valence-electron chi connectivity index (χ2n) is 4.26. The lowest BCUT2D eigenvalue weighted by atomic mass is 9.83. The number of carbonyl (C=O) groups excluding carboxylic acids is 1. The van der Waals surface area contributed by atoms with Crippen LogP contribution in [0.5, 0.6) is 0 Å². The van der Waals surface area contributed by atoms with Gasteiger partial charge in [-0.15, -0.1) is 0 Å². The molecule has 1 aromatic heterocycles. The molecule has 0 amide bonds. The van der Waals surface area contributed by atoms with E-state index in [2.05, 4.69) is 4.72 Å². The number of rotatable bonds is 6. The molecular weight excluding hydrogens is 242 g/mol. The van der Waals surface area contributed by atoms with E-state index in [4.69, 9.17) is 4.42 Å². The fraction of sp³-hybridized carbons (Fsp3) is 0.545. The molecular formula is C11H15NO4S. The zero-order valence-electron chi connectivity index (χ0n) is 9.39. The summed E-state index contributed by atoms with van der Waals surface area (Å²) in [7, 11) is -3.60. The van der Waals surface area contributed by atoms with Crippen molar-refractivity contribution in [2.75, 3.05) is 6.54 Å². The van der Waals surface area contributed by atoms with Crippen LogP contribution in [0.2, 0.25) is 0 Å². The topological polar surface area (TPSA) is 76.4 Å². The summed E-state index contributed by atoms with van der Waals surface area (Å²) in [4.78, 5) is 10.4. The van der Waals surface area contributed by atoms with Crippen LogP contribution >= 0.6 is 0 Å². The number of hydrogen-bond donors (Lipinski definition) is 1. The molecule has 1 saturated carbocycles. The number of furan rings is 1. The van der Waals surface area contributed by atoms with E-state index in [-0.39, 0.29) is 10.9 Å². The highest BCUT2D eigenvalue weighted by Crippen LogP contribution is 2.28. The zero-order chi connectivity index (χ0) is 12.3. The zero-order valence-corrected chi connectivity index (χ0v) is 10.2. The third-order valence-corrected chi connectivity index (χ3v) is 4.39. The van der Waals surface area contributed by atoms with Gasteiger partial charge in [-0.25, -0.2) is 13.1 Å². The molecule has 1 fully saturated rings. The fourth-order valence-corrected chi connectivity index (χ4v) is 2.77. The van der Waals surface area contributed by atoms with Crippen molar-refractivity contribution in [3.8, 4) is 0 Å². The highest BCUT2D eigenvalue weighted by Gasteiger charge is 2.21. The largest absolute Gasteiger partial charge is 0.440 e. The minimum atomic E-state index is -3.60. The van der Waals surface area contributed by atoms with E-state index in [0.717, 1.165) is 6.42 Å². The molecule has 1 aliphatic carbocycles. The van der Waals surface area contributed by atoms with Gasteiger partial charge in [0, 0.05) is 6.54 Å². The number of nitrogens with one attached hydrogen (secondary N) is 1. The van der Waals surface area contributed by atoms with Crippen molar-refractivity contribution in [3.05, 3.63) is 17.9 Å². The molecule has 5 nitrogen and oxygen atoms in total. The van der Waals surface area contributed by atoms with E-state index in [9.17, 15) is 13.2 Å². The molecule has 17 heavy (non-hydrogen) atoms. The third-order valence-electron chi connectivity index (χ3n) is 3.05. The number of hydrogen-bond acceptors (Lipinski definition) is 4. The standard InChI is InChI=1S/C11H15NO4S/c13-8-10-4-5-11(16-10)17(14,15)12-7-6-9-2-1-3-9/h4-5,8-9,12H,1-3,6-7H2. The Bertz CT molecular complexity index is 487. The van der Waals surface area contributed by atoms with E-state index in [1.54, 1.807) is 0 Å². The summed E-state index contributed by atoms with van der Waals surface area (Å²) in [5.74, 6) is 0.671. The van der Waals surface area contributed by atoms with Crippen molar-refractivity contribution >= 4 is 16.3 Å². The monoisotopic (exact) mass is 257 g/mol. The number of aldehydes is 1. The predicted octanol–water partition coefficient (Wildman–Crippen LogP) is 1.56. The Morgan fingerprint density at radius 1 is 1.41 bits per heavy atom. The maximum absolute atomic E-state index is 11.7. The smallest absolute Gasteiger partial charge is 0.273 e. The summed E-state index contributed by atoms with van der Waals surface area (Å²) in [6.07, 6.45) is 4.97. The molecule has 0 radical (unpaired) electrons. The van der Waals surface area contributed by atoms with Gasteiger partial charge in [-0.3, -0.25) is 4.79 Å². The number of sulfonamides is 1. The lowest BCUT2D eigenvalue weighted by Crippen LogP contribution is -2.27. The molecule has 0 spiro atoms. The van der Waals surface area contributed by atoms with E-state index in [0.29, 0.717) is 18.7 Å². The van der Waals surface area contributed by atoms with Gasteiger partial charge in [0.1, 0.15) is 0 Å². The van der Waals surface area contributed by atoms with Gasteiger partial charge in [0.15, 0.2) is 12.0 Å². The highest BCUT2D eigenvalue weighted by atomic mass is 32.2. The van der Waals surface area contributed by atoms with Crippen molar-refractivity contribution in [3.63, 3.8) is 0 Å². The Hall–Kier alpha value is -1.14. The van der Waals surface area contributed by atoms with Gasteiger partial charge in [0.2, 0.25) is 5.09 Å². The van der Waals surface area contributed by atoms with Crippen LogP contribution in [0.15, 0.2) is 21.6 Å². The summed E-state index contributed by atoms with van der Waals surface area (Å²) in [5, 5.41) is -0.201. The lowest BCUT2D eigenvalue weighted by Gasteiger charge is -2.24. The van der Waals surface area contributed by atoms with E-state index < -0.39 is 10.0 Å². The average Bonchev–Trinajstić information content (AvgIpc) is 2.71. The van der Waals surface area contributed by atoms with Gasteiger partial charge in [0.25, 0.3) is 10.0 Å². The van der Waals surface area contributed by atoms with Crippen LogP contribution in [-0.4, -0.2) is 21.2 Å². The Labute approximate surface area is 100 Å². The summed E-state index contributed by atoms with van der Waals surface area (Å²) < 4.78 is 30.8. The minimum Gasteiger partial charge on any atom is -0.440 e.